The molecule has 1 aromatic carbocycles. The monoisotopic (exact) mass is 300 g/mol. The van der Waals surface area contributed by atoms with E-state index < -0.39 is 5.60 Å². The minimum atomic E-state index is -0.762. The number of hydrogen-bond donors (Lipinski definition) is 1. The summed E-state index contributed by atoms with van der Waals surface area (Å²) in [6.45, 7) is 8.00. The molecule has 0 heterocycles. The fourth-order valence-electron chi connectivity index (χ4n) is 1.45. The molecule has 2 nitrogen and oxygen atoms in total. The Hall–Kier alpha value is -0.540. The Morgan fingerprint density at radius 2 is 1.82 bits per heavy atom. The maximum absolute atomic E-state index is 10.5. The van der Waals surface area contributed by atoms with E-state index in [4.69, 9.17) is 4.74 Å². The molecule has 17 heavy (non-hydrogen) atoms. The van der Waals surface area contributed by atoms with E-state index in [-0.39, 0.29) is 5.41 Å². The first-order valence-corrected chi connectivity index (χ1v) is 6.51. The van der Waals surface area contributed by atoms with Gasteiger partial charge in [0.25, 0.3) is 0 Å². The second-order valence-electron chi connectivity index (χ2n) is 5.66. The molecule has 96 valence electrons. The van der Waals surface area contributed by atoms with Gasteiger partial charge in [0.1, 0.15) is 5.75 Å². The number of rotatable bonds is 3. The quantitative estimate of drug-likeness (QED) is 0.920. The van der Waals surface area contributed by atoms with Crippen molar-refractivity contribution < 1.29 is 9.84 Å². The fourth-order valence-corrected chi connectivity index (χ4v) is 1.84. The lowest BCUT2D eigenvalue weighted by Gasteiger charge is -2.37. The van der Waals surface area contributed by atoms with Crippen LogP contribution in [0.3, 0.4) is 0 Å². The summed E-state index contributed by atoms with van der Waals surface area (Å²) in [5, 5.41) is 10.5. The predicted molar refractivity (Wildman–Crippen MR) is 74.5 cm³/mol. The third-order valence-corrected chi connectivity index (χ3v) is 4.18. The molecule has 1 rings (SSSR count). The van der Waals surface area contributed by atoms with Gasteiger partial charge in [-0.1, -0.05) is 36.7 Å². The van der Waals surface area contributed by atoms with Crippen molar-refractivity contribution in [3.63, 3.8) is 0 Å². The van der Waals surface area contributed by atoms with Gasteiger partial charge in [0.2, 0.25) is 0 Å². The number of benzene rings is 1. The molecular formula is C14H21BrO2. The van der Waals surface area contributed by atoms with Gasteiger partial charge in [0.15, 0.2) is 0 Å². The van der Waals surface area contributed by atoms with E-state index in [0.717, 1.165) is 15.8 Å². The van der Waals surface area contributed by atoms with Gasteiger partial charge in [-0.05, 0) is 36.1 Å². The van der Waals surface area contributed by atoms with Crippen LogP contribution in [0.4, 0.5) is 0 Å². The Morgan fingerprint density at radius 3 is 2.29 bits per heavy atom. The SMILES string of the molecule is COc1ccc(Br)c(CC(C)(O)C(C)(C)C)c1. The van der Waals surface area contributed by atoms with E-state index in [1.807, 2.05) is 45.9 Å². The van der Waals surface area contributed by atoms with Crippen LogP contribution < -0.4 is 4.74 Å². The molecule has 0 bridgehead atoms. The second kappa shape index (κ2) is 4.99. The molecule has 0 spiro atoms. The highest BCUT2D eigenvalue weighted by molar-refractivity contribution is 9.10. The van der Waals surface area contributed by atoms with Crippen LogP contribution in [0.1, 0.15) is 33.3 Å². The maximum Gasteiger partial charge on any atom is 0.119 e. The van der Waals surface area contributed by atoms with Gasteiger partial charge < -0.3 is 9.84 Å². The molecule has 1 atom stereocenters. The van der Waals surface area contributed by atoms with Crippen molar-refractivity contribution >= 4 is 15.9 Å². The van der Waals surface area contributed by atoms with E-state index in [9.17, 15) is 5.11 Å². The fraction of sp³-hybridized carbons (Fsp3) is 0.571. The van der Waals surface area contributed by atoms with E-state index in [1.54, 1.807) is 7.11 Å². The smallest absolute Gasteiger partial charge is 0.119 e. The Kier molecular flexibility index (Phi) is 4.26. The highest BCUT2D eigenvalue weighted by atomic mass is 79.9. The lowest BCUT2D eigenvalue weighted by molar-refractivity contribution is -0.0407. The third kappa shape index (κ3) is 3.46. The van der Waals surface area contributed by atoms with E-state index in [1.165, 1.54) is 0 Å². The molecule has 1 unspecified atom stereocenters. The van der Waals surface area contributed by atoms with Crippen molar-refractivity contribution in [1.82, 2.24) is 0 Å². The van der Waals surface area contributed by atoms with Gasteiger partial charge >= 0.3 is 0 Å². The van der Waals surface area contributed by atoms with Gasteiger partial charge in [-0.15, -0.1) is 0 Å². The van der Waals surface area contributed by atoms with Crippen molar-refractivity contribution in [3.05, 3.63) is 28.2 Å². The van der Waals surface area contributed by atoms with Crippen molar-refractivity contribution in [2.24, 2.45) is 5.41 Å². The van der Waals surface area contributed by atoms with Crippen LogP contribution in [0.15, 0.2) is 22.7 Å². The average Bonchev–Trinajstić information content (AvgIpc) is 2.19. The summed E-state index contributed by atoms with van der Waals surface area (Å²) in [5.41, 5.74) is 0.126. The minimum Gasteiger partial charge on any atom is -0.497 e. The lowest BCUT2D eigenvalue weighted by atomic mass is 9.74. The van der Waals surface area contributed by atoms with E-state index in [0.29, 0.717) is 6.42 Å². The molecule has 1 N–H and O–H groups in total. The molecule has 0 aliphatic carbocycles. The molecule has 0 amide bonds. The summed E-state index contributed by atoms with van der Waals surface area (Å²) in [7, 11) is 1.65. The lowest BCUT2D eigenvalue weighted by Crippen LogP contribution is -2.41. The molecule has 0 aliphatic heterocycles. The molecule has 1 aromatic rings. The second-order valence-corrected chi connectivity index (χ2v) is 6.51. The molecule has 3 heteroatoms. The van der Waals surface area contributed by atoms with Crippen molar-refractivity contribution in [1.29, 1.82) is 0 Å². The molecule has 0 saturated carbocycles. The Labute approximate surface area is 112 Å². The minimum absolute atomic E-state index is 0.171. The largest absolute Gasteiger partial charge is 0.497 e. The van der Waals surface area contributed by atoms with Crippen molar-refractivity contribution in [2.75, 3.05) is 7.11 Å². The summed E-state index contributed by atoms with van der Waals surface area (Å²) in [4.78, 5) is 0. The van der Waals surface area contributed by atoms with Crippen molar-refractivity contribution in [3.8, 4) is 5.75 Å². The molecule has 0 fully saturated rings. The van der Waals surface area contributed by atoms with Crippen LogP contribution in [0.25, 0.3) is 0 Å². The first kappa shape index (κ1) is 14.5. The number of aliphatic hydroxyl groups is 1. The van der Waals surface area contributed by atoms with Gasteiger partial charge in [-0.25, -0.2) is 0 Å². The van der Waals surface area contributed by atoms with Crippen LogP contribution >= 0.6 is 15.9 Å². The Balaban J connectivity index is 3.02. The van der Waals surface area contributed by atoms with Crippen LogP contribution in [-0.4, -0.2) is 17.8 Å². The number of ether oxygens (including phenoxy) is 1. The van der Waals surface area contributed by atoms with Crippen LogP contribution in [0, 0.1) is 5.41 Å². The first-order chi connectivity index (χ1) is 7.67. The molecule has 0 radical (unpaired) electrons. The summed E-state index contributed by atoms with van der Waals surface area (Å²) in [6, 6.07) is 5.82. The van der Waals surface area contributed by atoms with Gasteiger partial charge in [0, 0.05) is 10.9 Å². The van der Waals surface area contributed by atoms with E-state index in [2.05, 4.69) is 15.9 Å². The Bertz CT molecular complexity index is 392. The highest BCUT2D eigenvalue weighted by Crippen LogP contribution is 2.35. The number of hydrogen-bond acceptors (Lipinski definition) is 2. The summed E-state index contributed by atoms with van der Waals surface area (Å²) >= 11 is 3.51. The van der Waals surface area contributed by atoms with Crippen LogP contribution in [0.2, 0.25) is 0 Å². The number of methoxy groups -OCH3 is 1. The van der Waals surface area contributed by atoms with Crippen molar-refractivity contribution in [2.45, 2.75) is 39.7 Å². The molecular weight excluding hydrogens is 280 g/mol. The molecule has 0 aliphatic rings. The average molecular weight is 301 g/mol. The van der Waals surface area contributed by atoms with Gasteiger partial charge in [-0.3, -0.25) is 0 Å². The topological polar surface area (TPSA) is 29.5 Å². The predicted octanol–water partition coefficient (Wildman–Crippen LogP) is 3.80. The highest BCUT2D eigenvalue weighted by Gasteiger charge is 2.35. The normalized spacial score (nSPS) is 15.5. The molecule has 0 aromatic heterocycles. The summed E-state index contributed by atoms with van der Waals surface area (Å²) < 4.78 is 6.21. The zero-order valence-electron chi connectivity index (χ0n) is 11.2. The van der Waals surface area contributed by atoms with E-state index >= 15 is 0 Å². The maximum atomic E-state index is 10.5. The van der Waals surface area contributed by atoms with Gasteiger partial charge in [0.05, 0.1) is 12.7 Å². The Morgan fingerprint density at radius 1 is 1.24 bits per heavy atom. The summed E-state index contributed by atoms with van der Waals surface area (Å²) in [6.07, 6.45) is 0.592. The molecule has 0 saturated heterocycles. The van der Waals surface area contributed by atoms with Gasteiger partial charge in [-0.2, -0.15) is 0 Å². The number of halogens is 1. The zero-order valence-corrected chi connectivity index (χ0v) is 12.8. The van der Waals surface area contributed by atoms with Crippen LogP contribution in [0.5, 0.6) is 5.75 Å². The first-order valence-electron chi connectivity index (χ1n) is 5.72. The van der Waals surface area contributed by atoms with Crippen LogP contribution in [-0.2, 0) is 6.42 Å². The zero-order chi connectivity index (χ0) is 13.3. The third-order valence-electron chi connectivity index (χ3n) is 3.40. The standard InChI is InChI=1S/C14H21BrO2/c1-13(2,3)14(4,16)9-10-8-11(17-5)6-7-12(10)15/h6-8,16H,9H2,1-5H3. The summed E-state index contributed by atoms with van der Waals surface area (Å²) in [5.74, 6) is 0.813.